The van der Waals surface area contributed by atoms with Crippen molar-refractivity contribution in [2.45, 2.75) is 18.9 Å². The molecule has 1 atom stereocenters. The highest BCUT2D eigenvalue weighted by Gasteiger charge is 2.21. The predicted octanol–water partition coefficient (Wildman–Crippen LogP) is 3.93. The van der Waals surface area contributed by atoms with Crippen molar-refractivity contribution in [1.29, 1.82) is 0 Å². The maximum Gasteiger partial charge on any atom is 0.120 e. The summed E-state index contributed by atoms with van der Waals surface area (Å²) in [5.41, 5.74) is 3.85. The summed E-state index contributed by atoms with van der Waals surface area (Å²) in [6.07, 6.45) is 2.07. The van der Waals surface area contributed by atoms with Gasteiger partial charge < -0.3 is 10.1 Å². The molecule has 0 spiro atoms. The van der Waals surface area contributed by atoms with Crippen LogP contribution in [-0.2, 0) is 12.8 Å². The van der Waals surface area contributed by atoms with Crippen molar-refractivity contribution < 1.29 is 4.74 Å². The number of hydrogen-bond acceptors (Lipinski definition) is 2. The Morgan fingerprint density at radius 3 is 2.79 bits per heavy atom. The minimum absolute atomic E-state index is 0.431. The van der Waals surface area contributed by atoms with E-state index in [4.69, 9.17) is 16.3 Å². The third-order valence-corrected chi connectivity index (χ3v) is 3.78. The molecule has 0 aromatic heterocycles. The molecule has 1 aliphatic rings. The fraction of sp³-hybridized carbons (Fsp3) is 0.250. The second-order valence-corrected chi connectivity index (χ2v) is 5.33. The third kappa shape index (κ3) is 2.69. The van der Waals surface area contributed by atoms with Gasteiger partial charge in [0.25, 0.3) is 0 Å². The van der Waals surface area contributed by atoms with Crippen molar-refractivity contribution in [2.24, 2.45) is 0 Å². The molecule has 0 radical (unpaired) electrons. The van der Waals surface area contributed by atoms with E-state index < -0.39 is 0 Å². The summed E-state index contributed by atoms with van der Waals surface area (Å²) in [4.78, 5) is 0. The fourth-order valence-electron chi connectivity index (χ4n) is 2.64. The van der Waals surface area contributed by atoms with Crippen LogP contribution in [0.4, 0.5) is 5.69 Å². The quantitative estimate of drug-likeness (QED) is 0.915. The molecule has 2 aromatic carbocycles. The van der Waals surface area contributed by atoms with Gasteiger partial charge in [0.15, 0.2) is 0 Å². The molecule has 19 heavy (non-hydrogen) atoms. The van der Waals surface area contributed by atoms with Gasteiger partial charge in [-0.3, -0.25) is 0 Å². The van der Waals surface area contributed by atoms with E-state index in [1.807, 2.05) is 24.3 Å². The molecule has 0 fully saturated rings. The van der Waals surface area contributed by atoms with Crippen LogP contribution in [0, 0.1) is 0 Å². The molecule has 0 amide bonds. The van der Waals surface area contributed by atoms with Crippen LogP contribution in [0.5, 0.6) is 5.75 Å². The number of hydrogen-bond donors (Lipinski definition) is 1. The van der Waals surface area contributed by atoms with E-state index >= 15 is 0 Å². The number of rotatable bonds is 3. The molecule has 98 valence electrons. The van der Waals surface area contributed by atoms with Gasteiger partial charge >= 0.3 is 0 Å². The summed E-state index contributed by atoms with van der Waals surface area (Å²) in [6, 6.07) is 14.6. The lowest BCUT2D eigenvalue weighted by molar-refractivity contribution is 0.415. The Hall–Kier alpha value is -1.67. The molecule has 0 heterocycles. The molecule has 1 N–H and O–H groups in total. The second kappa shape index (κ2) is 5.14. The van der Waals surface area contributed by atoms with Gasteiger partial charge in [-0.1, -0.05) is 23.7 Å². The highest BCUT2D eigenvalue weighted by atomic mass is 35.5. The van der Waals surface area contributed by atoms with Gasteiger partial charge in [0.1, 0.15) is 5.75 Å². The lowest BCUT2D eigenvalue weighted by Crippen LogP contribution is -2.19. The molecule has 0 saturated heterocycles. The van der Waals surface area contributed by atoms with Gasteiger partial charge in [0, 0.05) is 22.8 Å². The van der Waals surface area contributed by atoms with Crippen LogP contribution in [0.15, 0.2) is 42.5 Å². The molecule has 0 saturated carbocycles. The van der Waals surface area contributed by atoms with Crippen molar-refractivity contribution in [3.8, 4) is 5.75 Å². The van der Waals surface area contributed by atoms with Crippen LogP contribution >= 0.6 is 11.6 Å². The van der Waals surface area contributed by atoms with Crippen molar-refractivity contribution in [3.63, 3.8) is 0 Å². The Balaban J connectivity index is 1.73. The minimum Gasteiger partial charge on any atom is -0.497 e. The van der Waals surface area contributed by atoms with Crippen molar-refractivity contribution in [3.05, 3.63) is 58.6 Å². The van der Waals surface area contributed by atoms with E-state index in [0.29, 0.717) is 6.04 Å². The standard InChI is InChI=1S/C16H16ClNO/c1-19-16-4-2-3-14(10-16)18-15-8-11-5-6-13(17)7-12(11)9-15/h2-7,10,15,18H,8-9H2,1H3. The Kier molecular flexibility index (Phi) is 3.34. The zero-order valence-corrected chi connectivity index (χ0v) is 11.6. The van der Waals surface area contributed by atoms with E-state index in [2.05, 4.69) is 23.5 Å². The number of benzene rings is 2. The summed E-state index contributed by atoms with van der Waals surface area (Å²) >= 11 is 6.03. The summed E-state index contributed by atoms with van der Waals surface area (Å²) < 4.78 is 5.24. The van der Waals surface area contributed by atoms with Crippen molar-refractivity contribution >= 4 is 17.3 Å². The van der Waals surface area contributed by atoms with Gasteiger partial charge in [0.2, 0.25) is 0 Å². The van der Waals surface area contributed by atoms with Crippen LogP contribution in [-0.4, -0.2) is 13.2 Å². The largest absolute Gasteiger partial charge is 0.497 e. The molecule has 0 bridgehead atoms. The Bertz CT molecular complexity index is 597. The molecule has 2 aromatic rings. The van der Waals surface area contributed by atoms with Gasteiger partial charge in [-0.15, -0.1) is 0 Å². The Labute approximate surface area is 118 Å². The first-order valence-corrected chi connectivity index (χ1v) is 6.80. The molecule has 3 heteroatoms. The van der Waals surface area contributed by atoms with E-state index in [1.165, 1.54) is 11.1 Å². The van der Waals surface area contributed by atoms with E-state index in [1.54, 1.807) is 7.11 Å². The van der Waals surface area contributed by atoms with Gasteiger partial charge in [0.05, 0.1) is 7.11 Å². The fourth-order valence-corrected chi connectivity index (χ4v) is 2.83. The lowest BCUT2D eigenvalue weighted by atomic mass is 10.1. The number of nitrogens with one attached hydrogen (secondary N) is 1. The summed E-state index contributed by atoms with van der Waals surface area (Å²) in [5, 5.41) is 4.38. The number of fused-ring (bicyclic) bond motifs is 1. The van der Waals surface area contributed by atoms with Gasteiger partial charge in [-0.25, -0.2) is 0 Å². The van der Waals surface area contributed by atoms with Crippen LogP contribution in [0.1, 0.15) is 11.1 Å². The van der Waals surface area contributed by atoms with Gasteiger partial charge in [-0.05, 0) is 48.2 Å². The Morgan fingerprint density at radius 1 is 1.11 bits per heavy atom. The normalized spacial score (nSPS) is 17.1. The van der Waals surface area contributed by atoms with Crippen molar-refractivity contribution in [1.82, 2.24) is 0 Å². The first-order valence-electron chi connectivity index (χ1n) is 6.42. The zero-order chi connectivity index (χ0) is 13.2. The number of methoxy groups -OCH3 is 1. The van der Waals surface area contributed by atoms with E-state index in [9.17, 15) is 0 Å². The SMILES string of the molecule is COc1cccc(NC2Cc3ccc(Cl)cc3C2)c1. The first-order chi connectivity index (χ1) is 9.24. The Morgan fingerprint density at radius 2 is 1.95 bits per heavy atom. The predicted molar refractivity (Wildman–Crippen MR) is 79.3 cm³/mol. The highest BCUT2D eigenvalue weighted by molar-refractivity contribution is 6.30. The number of halogens is 1. The smallest absolute Gasteiger partial charge is 0.120 e. The molecule has 1 aliphatic carbocycles. The van der Waals surface area contributed by atoms with Crippen LogP contribution in [0.25, 0.3) is 0 Å². The number of ether oxygens (including phenoxy) is 1. The average Bonchev–Trinajstić information content (AvgIpc) is 2.80. The topological polar surface area (TPSA) is 21.3 Å². The maximum atomic E-state index is 6.03. The monoisotopic (exact) mass is 273 g/mol. The van der Waals surface area contributed by atoms with E-state index in [-0.39, 0.29) is 0 Å². The van der Waals surface area contributed by atoms with Crippen LogP contribution < -0.4 is 10.1 Å². The molecule has 3 rings (SSSR count). The number of anilines is 1. The molecule has 2 nitrogen and oxygen atoms in total. The maximum absolute atomic E-state index is 6.03. The second-order valence-electron chi connectivity index (χ2n) is 4.89. The molecular weight excluding hydrogens is 258 g/mol. The third-order valence-electron chi connectivity index (χ3n) is 3.54. The first kappa shape index (κ1) is 12.4. The van der Waals surface area contributed by atoms with Crippen LogP contribution in [0.2, 0.25) is 5.02 Å². The minimum atomic E-state index is 0.431. The lowest BCUT2D eigenvalue weighted by Gasteiger charge is -2.14. The highest BCUT2D eigenvalue weighted by Crippen LogP contribution is 2.28. The molecule has 0 aliphatic heterocycles. The summed E-state index contributed by atoms with van der Waals surface area (Å²) in [5.74, 6) is 0.878. The van der Waals surface area contributed by atoms with Gasteiger partial charge in [-0.2, -0.15) is 0 Å². The summed E-state index contributed by atoms with van der Waals surface area (Å²) in [7, 11) is 1.69. The van der Waals surface area contributed by atoms with Crippen LogP contribution in [0.3, 0.4) is 0 Å². The van der Waals surface area contributed by atoms with Crippen molar-refractivity contribution in [2.75, 3.05) is 12.4 Å². The van der Waals surface area contributed by atoms with E-state index in [0.717, 1.165) is 29.3 Å². The zero-order valence-electron chi connectivity index (χ0n) is 10.8. The molecular formula is C16H16ClNO. The average molecular weight is 274 g/mol. The molecule has 1 unspecified atom stereocenters. The summed E-state index contributed by atoms with van der Waals surface area (Å²) in [6.45, 7) is 0.